The standard InChI is InChI=1S/C20H42OSi/c1-3-4-5-6-7-8-9-10-11-12-13-14-15-16-18-21-22(2)19-17-20-22/h3-20H2,1-2H3. The summed E-state index contributed by atoms with van der Waals surface area (Å²) in [4.78, 5) is 0. The highest BCUT2D eigenvalue weighted by Crippen LogP contribution is 2.32. The van der Waals surface area contributed by atoms with Gasteiger partial charge in [0, 0.05) is 6.61 Å². The van der Waals surface area contributed by atoms with Crippen molar-refractivity contribution >= 4 is 8.32 Å². The predicted molar refractivity (Wildman–Crippen MR) is 102 cm³/mol. The minimum atomic E-state index is -1.10. The lowest BCUT2D eigenvalue weighted by Crippen LogP contribution is -2.41. The Morgan fingerprint density at radius 1 is 0.636 bits per heavy atom. The van der Waals surface area contributed by atoms with Gasteiger partial charge in [-0.15, -0.1) is 0 Å². The van der Waals surface area contributed by atoms with E-state index in [1.165, 1.54) is 108 Å². The highest BCUT2D eigenvalue weighted by molar-refractivity contribution is 6.75. The molecule has 0 bridgehead atoms. The molecule has 2 heteroatoms. The van der Waals surface area contributed by atoms with Crippen molar-refractivity contribution in [2.24, 2.45) is 0 Å². The molecule has 0 N–H and O–H groups in total. The lowest BCUT2D eigenvalue weighted by atomic mass is 10.0. The zero-order valence-corrected chi connectivity index (χ0v) is 16.6. The van der Waals surface area contributed by atoms with Crippen LogP contribution in [0.15, 0.2) is 0 Å². The van der Waals surface area contributed by atoms with Crippen LogP contribution in [-0.4, -0.2) is 14.9 Å². The summed E-state index contributed by atoms with van der Waals surface area (Å²) in [6.45, 7) is 5.77. The van der Waals surface area contributed by atoms with Crippen LogP contribution < -0.4 is 0 Å². The molecule has 1 heterocycles. The molecule has 0 unspecified atom stereocenters. The molecule has 1 saturated heterocycles. The van der Waals surface area contributed by atoms with Crippen molar-refractivity contribution in [2.45, 2.75) is 122 Å². The van der Waals surface area contributed by atoms with E-state index < -0.39 is 8.32 Å². The Labute approximate surface area is 141 Å². The summed E-state index contributed by atoms with van der Waals surface area (Å²) >= 11 is 0. The smallest absolute Gasteiger partial charge is 0.189 e. The van der Waals surface area contributed by atoms with E-state index in [9.17, 15) is 0 Å². The lowest BCUT2D eigenvalue weighted by Gasteiger charge is -2.35. The third-order valence-corrected chi connectivity index (χ3v) is 9.08. The number of unbranched alkanes of at least 4 members (excludes halogenated alkanes) is 13. The van der Waals surface area contributed by atoms with Crippen LogP contribution in [0.4, 0.5) is 0 Å². The van der Waals surface area contributed by atoms with Gasteiger partial charge in [-0.2, -0.15) is 0 Å². The van der Waals surface area contributed by atoms with Crippen LogP contribution >= 0.6 is 0 Å². The Kier molecular flexibility index (Phi) is 12.5. The van der Waals surface area contributed by atoms with Gasteiger partial charge in [0.15, 0.2) is 8.32 Å². The first-order chi connectivity index (χ1) is 10.8. The summed E-state index contributed by atoms with van der Waals surface area (Å²) in [5.74, 6) is 0. The van der Waals surface area contributed by atoms with Crippen molar-refractivity contribution in [2.75, 3.05) is 6.61 Å². The van der Waals surface area contributed by atoms with Crippen LogP contribution in [0.25, 0.3) is 0 Å². The quantitative estimate of drug-likeness (QED) is 0.211. The summed E-state index contributed by atoms with van der Waals surface area (Å²) in [5.41, 5.74) is 0. The maximum absolute atomic E-state index is 6.11. The zero-order chi connectivity index (χ0) is 15.9. The zero-order valence-electron chi connectivity index (χ0n) is 15.6. The Hall–Kier alpha value is 0.177. The van der Waals surface area contributed by atoms with E-state index in [0.717, 1.165) is 6.61 Å². The monoisotopic (exact) mass is 326 g/mol. The van der Waals surface area contributed by atoms with E-state index in [1.807, 2.05) is 0 Å². The van der Waals surface area contributed by atoms with Gasteiger partial charge in [0.2, 0.25) is 0 Å². The van der Waals surface area contributed by atoms with Crippen LogP contribution in [0.3, 0.4) is 0 Å². The van der Waals surface area contributed by atoms with Crippen LogP contribution in [-0.2, 0) is 4.43 Å². The van der Waals surface area contributed by atoms with Crippen LogP contribution in [0, 0.1) is 0 Å². The van der Waals surface area contributed by atoms with E-state index in [2.05, 4.69) is 13.5 Å². The van der Waals surface area contributed by atoms with Crippen molar-refractivity contribution in [1.82, 2.24) is 0 Å². The van der Waals surface area contributed by atoms with Crippen LogP contribution in [0.5, 0.6) is 0 Å². The normalized spacial score (nSPS) is 16.6. The second-order valence-corrected chi connectivity index (χ2v) is 11.9. The van der Waals surface area contributed by atoms with E-state index in [1.54, 1.807) is 0 Å². The molecular formula is C20H42OSi. The fourth-order valence-electron chi connectivity index (χ4n) is 3.43. The molecular weight excluding hydrogens is 284 g/mol. The minimum Gasteiger partial charge on any atom is -0.417 e. The summed E-state index contributed by atoms with van der Waals surface area (Å²) in [6.07, 6.45) is 21.6. The number of hydrogen-bond acceptors (Lipinski definition) is 1. The summed E-state index contributed by atoms with van der Waals surface area (Å²) in [5, 5.41) is 0. The molecule has 1 aliphatic heterocycles. The first-order valence-corrected chi connectivity index (χ1v) is 13.2. The van der Waals surface area contributed by atoms with E-state index in [0.29, 0.717) is 0 Å². The fourth-order valence-corrected chi connectivity index (χ4v) is 5.71. The maximum atomic E-state index is 6.11. The molecule has 1 nitrogen and oxygen atoms in total. The Morgan fingerprint density at radius 3 is 1.41 bits per heavy atom. The summed E-state index contributed by atoms with van der Waals surface area (Å²) < 4.78 is 6.11. The van der Waals surface area contributed by atoms with Crippen molar-refractivity contribution in [3.8, 4) is 0 Å². The molecule has 0 spiro atoms. The van der Waals surface area contributed by atoms with Crippen molar-refractivity contribution in [3.63, 3.8) is 0 Å². The highest BCUT2D eigenvalue weighted by Gasteiger charge is 2.35. The maximum Gasteiger partial charge on any atom is 0.189 e. The molecule has 1 fully saturated rings. The summed E-state index contributed by atoms with van der Waals surface area (Å²) in [7, 11) is -1.10. The van der Waals surface area contributed by atoms with Crippen LogP contribution in [0.2, 0.25) is 18.6 Å². The molecule has 0 aromatic heterocycles. The van der Waals surface area contributed by atoms with Gasteiger partial charge in [-0.1, -0.05) is 96.8 Å². The Morgan fingerprint density at radius 2 is 1.05 bits per heavy atom. The van der Waals surface area contributed by atoms with Gasteiger partial charge >= 0.3 is 0 Å². The lowest BCUT2D eigenvalue weighted by molar-refractivity contribution is 0.278. The first-order valence-electron chi connectivity index (χ1n) is 10.4. The van der Waals surface area contributed by atoms with Gasteiger partial charge in [0.25, 0.3) is 0 Å². The van der Waals surface area contributed by atoms with Gasteiger partial charge < -0.3 is 4.43 Å². The molecule has 0 aromatic carbocycles. The second-order valence-electron chi connectivity index (χ2n) is 7.75. The molecule has 0 radical (unpaired) electrons. The predicted octanol–water partition coefficient (Wildman–Crippen LogP) is 7.46. The molecule has 0 saturated carbocycles. The molecule has 0 aliphatic carbocycles. The summed E-state index contributed by atoms with van der Waals surface area (Å²) in [6, 6.07) is 2.84. The van der Waals surface area contributed by atoms with Crippen LogP contribution in [0.1, 0.15) is 103 Å². The van der Waals surface area contributed by atoms with Crippen molar-refractivity contribution in [1.29, 1.82) is 0 Å². The second kappa shape index (κ2) is 13.6. The average molecular weight is 327 g/mol. The number of hydrogen-bond donors (Lipinski definition) is 0. The van der Waals surface area contributed by atoms with E-state index in [4.69, 9.17) is 4.43 Å². The minimum absolute atomic E-state index is 1.06. The Bertz CT molecular complexity index is 238. The molecule has 0 aromatic rings. The molecule has 22 heavy (non-hydrogen) atoms. The molecule has 0 amide bonds. The van der Waals surface area contributed by atoms with E-state index in [-0.39, 0.29) is 0 Å². The molecule has 0 atom stereocenters. The van der Waals surface area contributed by atoms with Gasteiger partial charge in [0.05, 0.1) is 0 Å². The molecule has 1 rings (SSSR count). The van der Waals surface area contributed by atoms with Gasteiger partial charge in [-0.3, -0.25) is 0 Å². The topological polar surface area (TPSA) is 9.23 Å². The van der Waals surface area contributed by atoms with Gasteiger partial charge in [-0.25, -0.2) is 0 Å². The van der Waals surface area contributed by atoms with Crippen molar-refractivity contribution < 1.29 is 4.43 Å². The SMILES string of the molecule is CCCCCCCCCCCCCCCCO[Si]1(C)CCC1. The number of rotatable bonds is 16. The fraction of sp³-hybridized carbons (Fsp3) is 1.00. The van der Waals surface area contributed by atoms with Gasteiger partial charge in [-0.05, 0) is 25.1 Å². The third kappa shape index (κ3) is 10.8. The van der Waals surface area contributed by atoms with Gasteiger partial charge in [0.1, 0.15) is 0 Å². The largest absolute Gasteiger partial charge is 0.417 e. The highest BCUT2D eigenvalue weighted by atomic mass is 28.4. The molecule has 132 valence electrons. The van der Waals surface area contributed by atoms with Crippen molar-refractivity contribution in [3.05, 3.63) is 0 Å². The van der Waals surface area contributed by atoms with E-state index >= 15 is 0 Å². The average Bonchev–Trinajstić information content (AvgIpc) is 2.49. The Balaban J connectivity index is 1.66. The molecule has 1 aliphatic rings. The third-order valence-electron chi connectivity index (χ3n) is 5.36. The first kappa shape index (κ1) is 20.2.